The Morgan fingerprint density at radius 3 is 2.68 bits per heavy atom. The molecule has 0 atom stereocenters. The number of carbonyl (C=O) groups is 3. The van der Waals surface area contributed by atoms with E-state index in [4.69, 9.17) is 17.3 Å². The van der Waals surface area contributed by atoms with E-state index >= 15 is 0 Å². The largest absolute Gasteiger partial charge is 0.478 e. The van der Waals surface area contributed by atoms with Gasteiger partial charge in [0.2, 0.25) is 5.91 Å². The van der Waals surface area contributed by atoms with Crippen LogP contribution in [0.15, 0.2) is 53.4 Å². The summed E-state index contributed by atoms with van der Waals surface area (Å²) >= 11 is 6.14. The molecule has 142 valence electrons. The molecule has 0 spiro atoms. The number of amides is 2. The van der Waals surface area contributed by atoms with E-state index in [9.17, 15) is 18.8 Å². The number of hydrogen-bond donors (Lipinski definition) is 2. The zero-order valence-corrected chi connectivity index (χ0v) is 15.8. The summed E-state index contributed by atoms with van der Waals surface area (Å²) in [6.07, 6.45) is 1.39. The first kappa shape index (κ1) is 19.7. The molecule has 28 heavy (non-hydrogen) atoms. The zero-order valence-electron chi connectivity index (χ0n) is 14.2. The van der Waals surface area contributed by atoms with Crippen LogP contribution in [-0.4, -0.2) is 38.7 Å². The molecular weight excluding hydrogens is 403 g/mol. The SMILES string of the molecule is O=C(CN1C(=O)/C(=C\c2ccccc2F)SC1=S)Nc1cccc(C(=O)O)c1. The lowest BCUT2D eigenvalue weighted by molar-refractivity contribution is -0.126. The number of thioether (sulfide) groups is 1. The highest BCUT2D eigenvalue weighted by atomic mass is 32.2. The van der Waals surface area contributed by atoms with E-state index in [1.54, 1.807) is 12.1 Å². The molecule has 9 heteroatoms. The lowest BCUT2D eigenvalue weighted by Crippen LogP contribution is -2.36. The van der Waals surface area contributed by atoms with Crippen molar-refractivity contribution in [1.82, 2.24) is 4.90 Å². The Labute approximate surface area is 169 Å². The highest BCUT2D eigenvalue weighted by Gasteiger charge is 2.33. The molecule has 1 saturated heterocycles. The second kappa shape index (κ2) is 8.32. The minimum atomic E-state index is -1.12. The number of anilines is 1. The van der Waals surface area contributed by atoms with Crippen molar-refractivity contribution in [3.63, 3.8) is 0 Å². The highest BCUT2D eigenvalue weighted by Crippen LogP contribution is 2.32. The molecule has 1 fully saturated rings. The molecule has 1 heterocycles. The third-order valence-electron chi connectivity index (χ3n) is 3.76. The summed E-state index contributed by atoms with van der Waals surface area (Å²) in [4.78, 5) is 37.1. The van der Waals surface area contributed by atoms with Gasteiger partial charge in [-0.1, -0.05) is 48.2 Å². The molecule has 0 bridgehead atoms. The molecule has 0 aliphatic carbocycles. The molecule has 2 N–H and O–H groups in total. The molecule has 6 nitrogen and oxygen atoms in total. The second-order valence-corrected chi connectivity index (χ2v) is 7.40. The quantitative estimate of drug-likeness (QED) is 0.574. The van der Waals surface area contributed by atoms with Crippen molar-refractivity contribution < 1.29 is 23.9 Å². The van der Waals surface area contributed by atoms with Crippen LogP contribution < -0.4 is 5.32 Å². The first-order chi connectivity index (χ1) is 13.3. The fourth-order valence-corrected chi connectivity index (χ4v) is 3.69. The fraction of sp³-hybridized carbons (Fsp3) is 0.0526. The fourth-order valence-electron chi connectivity index (χ4n) is 2.44. The number of aromatic carboxylic acids is 1. The number of hydrogen-bond acceptors (Lipinski definition) is 5. The van der Waals surface area contributed by atoms with Gasteiger partial charge in [0.1, 0.15) is 16.7 Å². The van der Waals surface area contributed by atoms with Gasteiger partial charge >= 0.3 is 5.97 Å². The van der Waals surface area contributed by atoms with Crippen molar-refractivity contribution in [3.05, 3.63) is 70.4 Å². The van der Waals surface area contributed by atoms with Gasteiger partial charge in [-0.3, -0.25) is 14.5 Å². The summed E-state index contributed by atoms with van der Waals surface area (Å²) in [5.74, 6) is -2.62. The third-order valence-corrected chi connectivity index (χ3v) is 5.14. The number of rotatable bonds is 5. The average Bonchev–Trinajstić information content (AvgIpc) is 2.91. The lowest BCUT2D eigenvalue weighted by Gasteiger charge is -2.14. The van der Waals surface area contributed by atoms with Crippen LogP contribution >= 0.6 is 24.0 Å². The summed E-state index contributed by atoms with van der Waals surface area (Å²) in [6.45, 7) is -0.337. The Balaban J connectivity index is 1.71. The van der Waals surface area contributed by atoms with Gasteiger partial charge in [0.15, 0.2) is 0 Å². The Hall–Kier alpha value is -3.04. The highest BCUT2D eigenvalue weighted by molar-refractivity contribution is 8.26. The van der Waals surface area contributed by atoms with Crippen LogP contribution in [0.4, 0.5) is 10.1 Å². The van der Waals surface area contributed by atoms with Gasteiger partial charge in [0.05, 0.1) is 10.5 Å². The van der Waals surface area contributed by atoms with E-state index in [0.29, 0.717) is 0 Å². The van der Waals surface area contributed by atoms with E-state index in [-0.39, 0.29) is 32.6 Å². The maximum atomic E-state index is 13.8. The summed E-state index contributed by atoms with van der Waals surface area (Å²) in [5, 5.41) is 11.5. The van der Waals surface area contributed by atoms with Gasteiger partial charge in [-0.2, -0.15) is 0 Å². The maximum absolute atomic E-state index is 13.8. The monoisotopic (exact) mass is 416 g/mol. The third kappa shape index (κ3) is 4.44. The maximum Gasteiger partial charge on any atom is 0.335 e. The van der Waals surface area contributed by atoms with Crippen LogP contribution in [0.3, 0.4) is 0 Å². The van der Waals surface area contributed by atoms with E-state index in [1.165, 1.54) is 42.5 Å². The van der Waals surface area contributed by atoms with Crippen molar-refractivity contribution in [2.24, 2.45) is 0 Å². The van der Waals surface area contributed by atoms with Gasteiger partial charge in [0.25, 0.3) is 5.91 Å². The number of carbonyl (C=O) groups excluding carboxylic acids is 2. The van der Waals surface area contributed by atoms with Crippen molar-refractivity contribution in [3.8, 4) is 0 Å². The van der Waals surface area contributed by atoms with Crippen LogP contribution in [0, 0.1) is 5.82 Å². The van der Waals surface area contributed by atoms with Crippen LogP contribution in [0.2, 0.25) is 0 Å². The normalized spacial score (nSPS) is 15.2. The first-order valence-corrected chi connectivity index (χ1v) is 9.21. The van der Waals surface area contributed by atoms with Crippen molar-refractivity contribution >= 4 is 57.8 Å². The Kier molecular flexibility index (Phi) is 5.86. The molecule has 0 radical (unpaired) electrons. The number of nitrogens with one attached hydrogen (secondary N) is 1. The number of halogens is 1. The predicted octanol–water partition coefficient (Wildman–Crippen LogP) is 3.36. The van der Waals surface area contributed by atoms with Gasteiger partial charge in [-0.05, 0) is 30.3 Å². The molecular formula is C19H13FN2O4S2. The Bertz CT molecular complexity index is 1020. The van der Waals surface area contributed by atoms with E-state index in [1.807, 2.05) is 0 Å². The summed E-state index contributed by atoms with van der Waals surface area (Å²) in [6, 6.07) is 11.7. The van der Waals surface area contributed by atoms with Crippen molar-refractivity contribution in [2.45, 2.75) is 0 Å². The number of nitrogens with zero attached hydrogens (tertiary/aromatic N) is 1. The van der Waals surface area contributed by atoms with Gasteiger partial charge in [-0.25, -0.2) is 9.18 Å². The minimum absolute atomic E-state index is 0.0243. The topological polar surface area (TPSA) is 86.7 Å². The Morgan fingerprint density at radius 1 is 1.21 bits per heavy atom. The van der Waals surface area contributed by atoms with E-state index < -0.39 is 23.6 Å². The molecule has 2 aromatic rings. The van der Waals surface area contributed by atoms with Crippen LogP contribution in [0.5, 0.6) is 0 Å². The number of benzene rings is 2. The zero-order chi connectivity index (χ0) is 20.3. The first-order valence-electron chi connectivity index (χ1n) is 7.98. The number of thiocarbonyl (C=S) groups is 1. The van der Waals surface area contributed by atoms with Crippen LogP contribution in [0.25, 0.3) is 6.08 Å². The van der Waals surface area contributed by atoms with E-state index in [0.717, 1.165) is 16.7 Å². The Morgan fingerprint density at radius 2 is 1.96 bits per heavy atom. The molecule has 0 unspecified atom stereocenters. The molecule has 1 aliphatic heterocycles. The summed E-state index contributed by atoms with van der Waals surface area (Å²) < 4.78 is 14.0. The second-order valence-electron chi connectivity index (χ2n) is 5.72. The summed E-state index contributed by atoms with van der Waals surface area (Å²) in [5.41, 5.74) is 0.561. The average molecular weight is 416 g/mol. The van der Waals surface area contributed by atoms with E-state index in [2.05, 4.69) is 5.32 Å². The molecule has 3 rings (SSSR count). The summed E-state index contributed by atoms with van der Waals surface area (Å²) in [7, 11) is 0. The van der Waals surface area contributed by atoms with Gasteiger partial charge < -0.3 is 10.4 Å². The smallest absolute Gasteiger partial charge is 0.335 e. The number of carboxylic acids is 1. The molecule has 1 aliphatic rings. The molecule has 0 aromatic heterocycles. The molecule has 0 saturated carbocycles. The predicted molar refractivity (Wildman–Crippen MR) is 108 cm³/mol. The molecule has 2 aromatic carbocycles. The van der Waals surface area contributed by atoms with Crippen molar-refractivity contribution in [1.29, 1.82) is 0 Å². The standard InChI is InChI=1S/C19H13FN2O4S2/c20-14-7-2-1-4-11(14)9-15-17(24)22(19(27)28-15)10-16(23)21-13-6-3-5-12(8-13)18(25)26/h1-9H,10H2,(H,21,23)(H,25,26)/b15-9+. The van der Waals surface area contributed by atoms with Gasteiger partial charge in [0, 0.05) is 11.3 Å². The van der Waals surface area contributed by atoms with Gasteiger partial charge in [-0.15, -0.1) is 0 Å². The number of carboxylic acid groups (broad SMARTS) is 1. The minimum Gasteiger partial charge on any atom is -0.478 e. The van der Waals surface area contributed by atoms with Crippen molar-refractivity contribution in [2.75, 3.05) is 11.9 Å². The van der Waals surface area contributed by atoms with Crippen LogP contribution in [0.1, 0.15) is 15.9 Å². The lowest BCUT2D eigenvalue weighted by atomic mass is 10.2. The van der Waals surface area contributed by atoms with Crippen LogP contribution in [-0.2, 0) is 9.59 Å². The molecule has 2 amide bonds.